The summed E-state index contributed by atoms with van der Waals surface area (Å²) in [5.41, 5.74) is 0. The molecule has 0 amide bonds. The minimum Gasteiger partial charge on any atom is -0.772 e. The predicted molar refractivity (Wildman–Crippen MR) is 44.0 cm³/mol. The minimum atomic E-state index is -1.84. The van der Waals surface area contributed by atoms with Gasteiger partial charge in [-0.05, 0) is 38.9 Å². The average Bonchev–Trinajstić information content (AvgIpc) is 1.93. The molecule has 0 aromatic carbocycles. The second-order valence-electron chi connectivity index (χ2n) is 3.22. The summed E-state index contributed by atoms with van der Waals surface area (Å²) in [6, 6.07) is 0. The quantitative estimate of drug-likeness (QED) is 0.565. The summed E-state index contributed by atoms with van der Waals surface area (Å²) in [5.74, 6) is 0.762. The molecule has 1 saturated heterocycles. The summed E-state index contributed by atoms with van der Waals surface area (Å²) in [6.07, 6.45) is 2.06. The van der Waals surface area contributed by atoms with Gasteiger partial charge in [0.1, 0.15) is 0 Å². The number of hydrogen-bond acceptors (Lipinski definition) is 3. The second kappa shape index (κ2) is 4.18. The van der Waals surface area contributed by atoms with Crippen molar-refractivity contribution in [2.75, 3.05) is 25.9 Å². The number of hydrogen-bond donors (Lipinski definition) is 0. The molecule has 0 N–H and O–H groups in total. The van der Waals surface area contributed by atoms with Crippen molar-refractivity contribution < 1.29 is 8.76 Å². The van der Waals surface area contributed by atoms with Crippen molar-refractivity contribution >= 4 is 11.1 Å². The van der Waals surface area contributed by atoms with Crippen molar-refractivity contribution in [2.45, 2.75) is 12.8 Å². The van der Waals surface area contributed by atoms with Crippen LogP contribution in [0.3, 0.4) is 0 Å². The predicted octanol–water partition coefficient (Wildman–Crippen LogP) is 0.207. The summed E-state index contributed by atoms with van der Waals surface area (Å²) in [6.45, 7) is 2.09. The van der Waals surface area contributed by atoms with Crippen molar-refractivity contribution in [3.05, 3.63) is 0 Å². The molecule has 66 valence electrons. The Kier molecular flexibility index (Phi) is 3.48. The van der Waals surface area contributed by atoms with E-state index in [0.717, 1.165) is 25.9 Å². The SMILES string of the molecule is CN1CCC(CS(=O)[O-])CC1. The fraction of sp³-hybridized carbons (Fsp3) is 1.00. The fourth-order valence-corrected chi connectivity index (χ4v) is 2.14. The van der Waals surface area contributed by atoms with Gasteiger partial charge in [0.05, 0.1) is 0 Å². The summed E-state index contributed by atoms with van der Waals surface area (Å²) >= 11 is -1.84. The Labute approximate surface area is 70.1 Å². The highest BCUT2D eigenvalue weighted by Gasteiger charge is 2.15. The van der Waals surface area contributed by atoms with E-state index < -0.39 is 11.1 Å². The Morgan fingerprint density at radius 3 is 2.55 bits per heavy atom. The lowest BCUT2D eigenvalue weighted by atomic mass is 10.00. The maximum atomic E-state index is 10.3. The molecule has 1 rings (SSSR count). The maximum Gasteiger partial charge on any atom is 0.0131 e. The summed E-state index contributed by atoms with van der Waals surface area (Å²) in [4.78, 5) is 2.24. The first-order chi connectivity index (χ1) is 5.18. The van der Waals surface area contributed by atoms with Crippen molar-refractivity contribution in [3.8, 4) is 0 Å². The van der Waals surface area contributed by atoms with Crippen LogP contribution in [0.1, 0.15) is 12.8 Å². The minimum absolute atomic E-state index is 0.355. The Balaban J connectivity index is 2.22. The van der Waals surface area contributed by atoms with Crippen LogP contribution < -0.4 is 0 Å². The van der Waals surface area contributed by atoms with Crippen molar-refractivity contribution in [2.24, 2.45) is 5.92 Å². The van der Waals surface area contributed by atoms with Crippen molar-refractivity contribution in [1.82, 2.24) is 4.90 Å². The lowest BCUT2D eigenvalue weighted by molar-refractivity contribution is 0.231. The van der Waals surface area contributed by atoms with Gasteiger partial charge in [0.2, 0.25) is 0 Å². The summed E-state index contributed by atoms with van der Waals surface area (Å²) < 4.78 is 20.7. The second-order valence-corrected chi connectivity index (χ2v) is 4.16. The van der Waals surface area contributed by atoms with Crippen LogP contribution in [0, 0.1) is 5.92 Å². The van der Waals surface area contributed by atoms with Crippen LogP contribution in [0.15, 0.2) is 0 Å². The van der Waals surface area contributed by atoms with E-state index >= 15 is 0 Å². The molecule has 1 aliphatic heterocycles. The van der Waals surface area contributed by atoms with Crippen LogP contribution in [0.4, 0.5) is 0 Å². The Morgan fingerprint density at radius 1 is 1.55 bits per heavy atom. The Morgan fingerprint density at radius 2 is 2.09 bits per heavy atom. The molecule has 1 aliphatic rings. The first kappa shape index (κ1) is 9.16. The average molecular weight is 176 g/mol. The largest absolute Gasteiger partial charge is 0.772 e. The van der Waals surface area contributed by atoms with Gasteiger partial charge < -0.3 is 9.45 Å². The van der Waals surface area contributed by atoms with Gasteiger partial charge in [-0.2, -0.15) is 0 Å². The highest BCUT2D eigenvalue weighted by atomic mass is 32.2. The number of rotatable bonds is 2. The van der Waals surface area contributed by atoms with Gasteiger partial charge in [0.15, 0.2) is 0 Å². The molecule has 3 nitrogen and oxygen atoms in total. The molecule has 0 aromatic rings. The molecule has 0 aliphatic carbocycles. The molecule has 0 bridgehead atoms. The first-order valence-corrected chi connectivity index (χ1v) is 5.17. The van der Waals surface area contributed by atoms with Gasteiger partial charge >= 0.3 is 0 Å². The van der Waals surface area contributed by atoms with E-state index in [4.69, 9.17) is 0 Å². The van der Waals surface area contributed by atoms with E-state index in [1.54, 1.807) is 0 Å². The fourth-order valence-electron chi connectivity index (χ4n) is 1.42. The van der Waals surface area contributed by atoms with E-state index in [-0.39, 0.29) is 0 Å². The zero-order valence-corrected chi connectivity index (χ0v) is 7.60. The smallest absolute Gasteiger partial charge is 0.0131 e. The van der Waals surface area contributed by atoms with Gasteiger partial charge in [0, 0.05) is 5.75 Å². The lowest BCUT2D eigenvalue weighted by Crippen LogP contribution is -2.32. The highest BCUT2D eigenvalue weighted by molar-refractivity contribution is 7.79. The molecule has 4 heteroatoms. The standard InChI is InChI=1S/C7H15NO2S/c1-8-4-2-7(3-5-8)6-11(9)10/h7H,2-6H2,1H3,(H,9,10)/p-1. The van der Waals surface area contributed by atoms with Crippen LogP contribution in [0.25, 0.3) is 0 Å². The van der Waals surface area contributed by atoms with E-state index in [1.807, 2.05) is 0 Å². The van der Waals surface area contributed by atoms with Crippen molar-refractivity contribution in [1.29, 1.82) is 0 Å². The molecule has 0 radical (unpaired) electrons. The molecule has 0 saturated carbocycles. The van der Waals surface area contributed by atoms with Gasteiger partial charge in [0.25, 0.3) is 0 Å². The molecular formula is C7H14NO2S-. The molecule has 1 heterocycles. The maximum absolute atomic E-state index is 10.3. The molecule has 0 spiro atoms. The van der Waals surface area contributed by atoms with Crippen LogP contribution in [0.2, 0.25) is 0 Å². The third-order valence-corrected chi connectivity index (χ3v) is 2.95. The van der Waals surface area contributed by atoms with Gasteiger partial charge in [-0.15, -0.1) is 0 Å². The molecule has 1 unspecified atom stereocenters. The summed E-state index contributed by atoms with van der Waals surface area (Å²) in [7, 11) is 2.07. The van der Waals surface area contributed by atoms with Gasteiger partial charge in [-0.25, -0.2) is 0 Å². The van der Waals surface area contributed by atoms with E-state index in [2.05, 4.69) is 11.9 Å². The molecule has 1 fully saturated rings. The molecule has 11 heavy (non-hydrogen) atoms. The number of nitrogens with zero attached hydrogens (tertiary/aromatic N) is 1. The normalized spacial score (nSPS) is 25.3. The zero-order chi connectivity index (χ0) is 8.27. The third-order valence-electron chi connectivity index (χ3n) is 2.21. The molecule has 1 atom stereocenters. The highest BCUT2D eigenvalue weighted by Crippen LogP contribution is 2.16. The van der Waals surface area contributed by atoms with Crippen LogP contribution >= 0.6 is 0 Å². The Hall–Kier alpha value is 0.0700. The van der Waals surface area contributed by atoms with Gasteiger partial charge in [-0.1, -0.05) is 11.1 Å². The molecule has 0 aromatic heterocycles. The summed E-state index contributed by atoms with van der Waals surface area (Å²) in [5, 5.41) is 0. The van der Waals surface area contributed by atoms with Crippen LogP contribution in [-0.4, -0.2) is 39.6 Å². The number of piperidine rings is 1. The first-order valence-electron chi connectivity index (χ1n) is 3.93. The topological polar surface area (TPSA) is 43.4 Å². The lowest BCUT2D eigenvalue weighted by Gasteiger charge is -2.29. The van der Waals surface area contributed by atoms with Crippen molar-refractivity contribution in [3.63, 3.8) is 0 Å². The third kappa shape index (κ3) is 3.31. The molecular weight excluding hydrogens is 162 g/mol. The van der Waals surface area contributed by atoms with Crippen LogP contribution in [0.5, 0.6) is 0 Å². The van der Waals surface area contributed by atoms with E-state index in [9.17, 15) is 8.76 Å². The van der Waals surface area contributed by atoms with Crippen LogP contribution in [-0.2, 0) is 11.1 Å². The zero-order valence-electron chi connectivity index (χ0n) is 6.78. The monoisotopic (exact) mass is 176 g/mol. The van der Waals surface area contributed by atoms with Gasteiger partial charge in [-0.3, -0.25) is 4.21 Å². The Bertz CT molecular complexity index is 143. The van der Waals surface area contributed by atoms with E-state index in [1.165, 1.54) is 0 Å². The number of likely N-dealkylation sites (tertiary alicyclic amines) is 1. The van der Waals surface area contributed by atoms with E-state index in [0.29, 0.717) is 11.7 Å².